The number of H-pyrrole nitrogens is 2. The predicted octanol–water partition coefficient (Wildman–Crippen LogP) is 10.9. The number of nitrogen functional groups attached to an aromatic ring is 1. The molecule has 6 heterocycles. The van der Waals surface area contributed by atoms with Gasteiger partial charge in [-0.1, -0.05) is 103 Å². The van der Waals surface area contributed by atoms with Crippen LogP contribution >= 0.6 is 23.2 Å². The summed E-state index contributed by atoms with van der Waals surface area (Å²) in [5, 5.41) is 10.4. The second-order valence-electron chi connectivity index (χ2n) is 16.6. The first-order valence-electron chi connectivity index (χ1n) is 21.9. The molecule has 0 radical (unpaired) electrons. The molecule has 4 aromatic heterocycles. The maximum atomic E-state index is 6.48. The van der Waals surface area contributed by atoms with Gasteiger partial charge >= 0.3 is 0 Å². The molecule has 10 rings (SSSR count). The van der Waals surface area contributed by atoms with Crippen LogP contribution in [-0.2, 0) is 19.5 Å². The van der Waals surface area contributed by atoms with Crippen LogP contribution in [0.15, 0.2) is 122 Å². The average molecular weight is 879 g/mol. The van der Waals surface area contributed by atoms with E-state index in [1.807, 2.05) is 54.9 Å². The van der Waals surface area contributed by atoms with Gasteiger partial charge in [-0.15, -0.1) is 0 Å². The molecule has 0 bridgehead atoms. The molecule has 2 aliphatic rings. The molecule has 13 heteroatoms. The normalized spacial score (nSPS) is 15.3. The quantitative estimate of drug-likeness (QED) is 0.0804. The van der Waals surface area contributed by atoms with Crippen LogP contribution in [0.3, 0.4) is 0 Å². The van der Waals surface area contributed by atoms with Gasteiger partial charge in [-0.25, -0.2) is 19.9 Å². The largest absolute Gasteiger partial charge is 0.399 e. The van der Waals surface area contributed by atoms with Crippen molar-refractivity contribution >= 4 is 62.6 Å². The zero-order valence-electron chi connectivity index (χ0n) is 35.5. The molecular formula is C50H53Cl2N11. The van der Waals surface area contributed by atoms with Gasteiger partial charge in [0.1, 0.15) is 0 Å². The molecule has 2 aliphatic heterocycles. The lowest BCUT2D eigenvalue weighted by atomic mass is 10.0. The molecule has 0 amide bonds. The number of piperidine rings is 2. The smallest absolute Gasteiger partial charge is 0.223 e. The maximum absolute atomic E-state index is 6.48. The Balaban J connectivity index is 0.000000160. The Kier molecular flexibility index (Phi) is 13.2. The number of hydrogen-bond acceptors (Lipinski definition) is 9. The third-order valence-corrected chi connectivity index (χ3v) is 12.7. The van der Waals surface area contributed by atoms with Gasteiger partial charge < -0.3 is 26.3 Å². The Labute approximate surface area is 378 Å². The van der Waals surface area contributed by atoms with Crippen molar-refractivity contribution < 1.29 is 0 Å². The van der Waals surface area contributed by atoms with Crippen molar-refractivity contribution in [2.24, 2.45) is 0 Å². The fourth-order valence-corrected chi connectivity index (χ4v) is 9.16. The molecular weight excluding hydrogens is 826 g/mol. The number of para-hydroxylation sites is 2. The van der Waals surface area contributed by atoms with E-state index in [0.717, 1.165) is 121 Å². The van der Waals surface area contributed by atoms with E-state index in [1.165, 1.54) is 16.7 Å². The lowest BCUT2D eigenvalue weighted by Crippen LogP contribution is -2.39. The summed E-state index contributed by atoms with van der Waals surface area (Å²) >= 11 is 12.9. The van der Waals surface area contributed by atoms with Crippen LogP contribution in [-0.4, -0.2) is 78.0 Å². The number of nitrogens with two attached hydrogens (primary N) is 1. The first-order chi connectivity index (χ1) is 30.8. The molecule has 2 fully saturated rings. The monoisotopic (exact) mass is 877 g/mol. The number of likely N-dealkylation sites (tertiary alicyclic amines) is 2. The van der Waals surface area contributed by atoms with E-state index < -0.39 is 0 Å². The Hall–Kier alpha value is -5.98. The first-order valence-corrected chi connectivity index (χ1v) is 22.7. The van der Waals surface area contributed by atoms with Gasteiger partial charge in [0.25, 0.3) is 0 Å². The van der Waals surface area contributed by atoms with Crippen LogP contribution in [0, 0.1) is 0 Å². The van der Waals surface area contributed by atoms with Gasteiger partial charge in [0, 0.05) is 102 Å². The van der Waals surface area contributed by atoms with E-state index in [-0.39, 0.29) is 0 Å². The van der Waals surface area contributed by atoms with Gasteiger partial charge in [0.05, 0.1) is 33.8 Å². The standard InChI is InChI=1S/C26H28ClN5.C24H25ClN6/c1-2-18-6-5-7-19(14-18)17-32-12-10-20(11-13-32)30-26-29-16-23(27)25(31-26)22-15-28-24-9-4-3-8-21(22)24;25-21-14-28-24(30-23(21)20-13-27-22-7-2-1-6-19(20)22)29-18-8-10-31(11-9-18)15-16-4-3-5-17(26)12-16/h3-9,14-16,20,28H,2,10-13,17H2,1H3,(H,29,30,31);1-7,12-14,18,27H,8-11,15,26H2,(H,28,29,30). The van der Waals surface area contributed by atoms with E-state index in [2.05, 4.69) is 102 Å². The van der Waals surface area contributed by atoms with Crippen molar-refractivity contribution in [1.82, 2.24) is 39.7 Å². The Morgan fingerprint density at radius 1 is 0.603 bits per heavy atom. The second kappa shape index (κ2) is 19.6. The number of benzene rings is 4. The van der Waals surface area contributed by atoms with E-state index in [4.69, 9.17) is 38.9 Å². The molecule has 322 valence electrons. The molecule has 63 heavy (non-hydrogen) atoms. The van der Waals surface area contributed by atoms with Crippen LogP contribution < -0.4 is 16.4 Å². The van der Waals surface area contributed by atoms with Crippen molar-refractivity contribution in [3.8, 4) is 22.5 Å². The highest BCUT2D eigenvalue weighted by molar-refractivity contribution is 6.33. The lowest BCUT2D eigenvalue weighted by Gasteiger charge is -2.32. The number of hydrogen-bond donors (Lipinski definition) is 5. The topological polar surface area (TPSA) is 140 Å². The average Bonchev–Trinajstić information content (AvgIpc) is 3.94. The van der Waals surface area contributed by atoms with Gasteiger partial charge in [-0.05, 0) is 73.1 Å². The molecule has 2 saturated heterocycles. The van der Waals surface area contributed by atoms with E-state index in [0.29, 0.717) is 34.0 Å². The summed E-state index contributed by atoms with van der Waals surface area (Å²) in [6.07, 6.45) is 12.6. The summed E-state index contributed by atoms with van der Waals surface area (Å²) in [4.78, 5) is 30.0. The second-order valence-corrected chi connectivity index (χ2v) is 17.4. The molecule has 0 saturated carbocycles. The minimum absolute atomic E-state index is 0.342. The van der Waals surface area contributed by atoms with E-state index in [9.17, 15) is 0 Å². The van der Waals surface area contributed by atoms with Crippen LogP contribution in [0.4, 0.5) is 17.6 Å². The van der Waals surface area contributed by atoms with Crippen LogP contribution in [0.5, 0.6) is 0 Å². The molecule has 0 aliphatic carbocycles. The Morgan fingerprint density at radius 3 is 1.56 bits per heavy atom. The summed E-state index contributed by atoms with van der Waals surface area (Å²) < 4.78 is 0. The number of aromatic nitrogens is 6. The molecule has 11 nitrogen and oxygen atoms in total. The molecule has 0 spiro atoms. The van der Waals surface area contributed by atoms with Crippen molar-refractivity contribution in [2.75, 3.05) is 42.5 Å². The Morgan fingerprint density at radius 2 is 1.06 bits per heavy atom. The maximum Gasteiger partial charge on any atom is 0.223 e. The van der Waals surface area contributed by atoms with Crippen molar-refractivity contribution in [3.05, 3.63) is 149 Å². The predicted molar refractivity (Wildman–Crippen MR) is 259 cm³/mol. The summed E-state index contributed by atoms with van der Waals surface area (Å²) in [5.41, 5.74) is 16.4. The van der Waals surface area contributed by atoms with E-state index >= 15 is 0 Å². The van der Waals surface area contributed by atoms with Crippen molar-refractivity contribution in [2.45, 2.75) is 64.2 Å². The van der Waals surface area contributed by atoms with E-state index in [1.54, 1.807) is 12.4 Å². The third kappa shape index (κ3) is 10.3. The number of anilines is 3. The third-order valence-electron chi connectivity index (χ3n) is 12.2. The minimum Gasteiger partial charge on any atom is -0.399 e. The van der Waals surface area contributed by atoms with Crippen LogP contribution in [0.1, 0.15) is 49.3 Å². The lowest BCUT2D eigenvalue weighted by molar-refractivity contribution is 0.211. The molecule has 0 unspecified atom stereocenters. The number of halogens is 2. The van der Waals surface area contributed by atoms with Crippen molar-refractivity contribution in [3.63, 3.8) is 0 Å². The summed E-state index contributed by atoms with van der Waals surface area (Å²) in [6.45, 7) is 8.33. The summed E-state index contributed by atoms with van der Waals surface area (Å²) in [5.74, 6) is 1.27. The zero-order chi connectivity index (χ0) is 43.1. The number of nitrogens with zero attached hydrogens (tertiary/aromatic N) is 6. The SMILES string of the molecule is CCc1cccc(CN2CCC(Nc3ncc(Cl)c(-c4c[nH]c5ccccc45)n3)CC2)c1.Nc1cccc(CN2CCC(Nc3ncc(Cl)c(-c4c[nH]c5ccccc45)n3)CC2)c1. The number of aryl methyl sites for hydroxylation is 1. The van der Waals surface area contributed by atoms with Crippen LogP contribution in [0.25, 0.3) is 44.3 Å². The molecule has 6 N–H and O–H groups in total. The molecule has 0 atom stereocenters. The summed E-state index contributed by atoms with van der Waals surface area (Å²) in [7, 11) is 0. The number of rotatable bonds is 11. The fraction of sp³-hybridized carbons (Fsp3) is 0.280. The zero-order valence-corrected chi connectivity index (χ0v) is 37.0. The highest BCUT2D eigenvalue weighted by Gasteiger charge is 2.23. The molecule has 8 aromatic rings. The molecule has 4 aromatic carbocycles. The Bertz CT molecular complexity index is 2790. The highest BCUT2D eigenvalue weighted by Crippen LogP contribution is 2.34. The number of fused-ring (bicyclic) bond motifs is 2. The van der Waals surface area contributed by atoms with Crippen molar-refractivity contribution in [1.29, 1.82) is 0 Å². The van der Waals surface area contributed by atoms with Crippen LogP contribution in [0.2, 0.25) is 10.0 Å². The van der Waals surface area contributed by atoms with Gasteiger partial charge in [-0.2, -0.15) is 0 Å². The number of aromatic amines is 2. The van der Waals surface area contributed by atoms with Gasteiger partial charge in [-0.3, -0.25) is 9.80 Å². The first kappa shape index (κ1) is 42.3. The minimum atomic E-state index is 0.342. The van der Waals surface area contributed by atoms with Gasteiger partial charge in [0.15, 0.2) is 0 Å². The fourth-order valence-electron chi connectivity index (χ4n) is 8.78. The summed E-state index contributed by atoms with van der Waals surface area (Å²) in [6, 6.07) is 34.1. The van der Waals surface area contributed by atoms with Gasteiger partial charge in [0.2, 0.25) is 11.9 Å². The number of nitrogens with one attached hydrogen (secondary N) is 4. The highest BCUT2D eigenvalue weighted by atomic mass is 35.5.